The van der Waals surface area contributed by atoms with Crippen molar-refractivity contribution in [3.8, 4) is 11.4 Å². The van der Waals surface area contributed by atoms with Gasteiger partial charge in [-0.2, -0.15) is 0 Å². The number of carbonyl (C=O) groups is 1. The van der Waals surface area contributed by atoms with E-state index in [4.69, 9.17) is 9.72 Å². The van der Waals surface area contributed by atoms with Crippen LogP contribution in [0.4, 0.5) is 4.39 Å². The third-order valence-electron chi connectivity index (χ3n) is 6.75. The number of amides is 1. The highest BCUT2D eigenvalue weighted by Gasteiger charge is 2.28. The van der Waals surface area contributed by atoms with Crippen molar-refractivity contribution in [3.05, 3.63) is 82.0 Å². The molecule has 194 valence electrons. The van der Waals surface area contributed by atoms with Gasteiger partial charge in [0.2, 0.25) is 5.91 Å². The maximum absolute atomic E-state index is 13.7. The van der Waals surface area contributed by atoms with Gasteiger partial charge < -0.3 is 15.0 Å². The van der Waals surface area contributed by atoms with Crippen LogP contribution in [0.3, 0.4) is 0 Å². The van der Waals surface area contributed by atoms with Gasteiger partial charge in [-0.05, 0) is 62.2 Å². The summed E-state index contributed by atoms with van der Waals surface area (Å²) in [5.74, 6) is 0.285. The molecule has 2 heterocycles. The first-order chi connectivity index (χ1) is 18.1. The van der Waals surface area contributed by atoms with Crippen LogP contribution in [0.15, 0.2) is 64.5 Å². The van der Waals surface area contributed by atoms with E-state index in [0.29, 0.717) is 49.1 Å². The summed E-state index contributed by atoms with van der Waals surface area (Å²) in [6, 6.07) is 15.5. The minimum atomic E-state index is -0.296. The maximum Gasteiger partial charge on any atom is 0.264 e. The number of carbonyl (C=O) groups excluding carboxylic acids is 1. The Bertz CT molecular complexity index is 1280. The van der Waals surface area contributed by atoms with Crippen molar-refractivity contribution in [2.75, 3.05) is 26.2 Å². The normalized spacial score (nSPS) is 15.2. The number of halogens is 1. The monoisotopic (exact) mass is 522 g/mol. The van der Waals surface area contributed by atoms with E-state index >= 15 is 0 Å². The Hall–Kier alpha value is -3.17. The second-order valence-electron chi connectivity index (χ2n) is 9.36. The fourth-order valence-corrected chi connectivity index (χ4v) is 5.74. The van der Waals surface area contributed by atoms with Crippen molar-refractivity contribution in [1.29, 1.82) is 0 Å². The molecule has 2 aliphatic rings. The van der Waals surface area contributed by atoms with Crippen molar-refractivity contribution < 1.29 is 13.9 Å². The molecule has 0 saturated heterocycles. The lowest BCUT2D eigenvalue weighted by Gasteiger charge is -2.30. The van der Waals surface area contributed by atoms with Gasteiger partial charge in [-0.1, -0.05) is 36.4 Å². The third kappa shape index (κ3) is 6.22. The predicted octanol–water partition coefficient (Wildman–Crippen LogP) is 3.96. The fraction of sp³-hybridized carbons (Fsp3) is 0.393. The number of para-hydroxylation sites is 1. The van der Waals surface area contributed by atoms with E-state index < -0.39 is 0 Å². The summed E-state index contributed by atoms with van der Waals surface area (Å²) in [6.07, 6.45) is 4.82. The molecule has 3 aromatic rings. The molecular weight excluding hydrogens is 491 g/mol. The van der Waals surface area contributed by atoms with Gasteiger partial charge in [0, 0.05) is 18.2 Å². The Morgan fingerprint density at radius 1 is 1.14 bits per heavy atom. The number of ether oxygens (including phenoxy) is 1. The van der Waals surface area contributed by atoms with Gasteiger partial charge >= 0.3 is 0 Å². The summed E-state index contributed by atoms with van der Waals surface area (Å²) < 4.78 is 20.3. The zero-order valence-corrected chi connectivity index (χ0v) is 21.5. The number of hydrogen-bond donors (Lipinski definition) is 1. The summed E-state index contributed by atoms with van der Waals surface area (Å²) in [5.41, 5.74) is 2.14. The summed E-state index contributed by atoms with van der Waals surface area (Å²) >= 11 is 1.70. The molecule has 1 fully saturated rings. The van der Waals surface area contributed by atoms with Crippen molar-refractivity contribution in [1.82, 2.24) is 19.8 Å². The van der Waals surface area contributed by atoms with Gasteiger partial charge in [0.25, 0.3) is 5.56 Å². The maximum atomic E-state index is 13.7. The highest BCUT2D eigenvalue weighted by Crippen LogP contribution is 2.36. The van der Waals surface area contributed by atoms with Gasteiger partial charge in [-0.15, -0.1) is 0 Å². The summed E-state index contributed by atoms with van der Waals surface area (Å²) in [6.45, 7) is 2.10. The van der Waals surface area contributed by atoms with Crippen LogP contribution in [0.2, 0.25) is 0 Å². The first kappa shape index (κ1) is 25.5. The van der Waals surface area contributed by atoms with Crippen molar-refractivity contribution >= 4 is 17.7 Å². The largest absolute Gasteiger partial charge is 0.494 e. The third-order valence-corrected chi connectivity index (χ3v) is 8.04. The molecule has 1 aliphatic carbocycles. The SMILES string of the molecule is O=C(CNCCCOc1ccc(F)cc1)N1CCc2nc(SC3CCC3)n(-c3ccccc3)c(=O)c2C1. The minimum absolute atomic E-state index is 0.0383. The van der Waals surface area contributed by atoms with E-state index in [1.165, 1.54) is 18.6 Å². The number of rotatable bonds is 10. The molecule has 37 heavy (non-hydrogen) atoms. The molecule has 0 radical (unpaired) electrons. The zero-order valence-electron chi connectivity index (χ0n) is 20.7. The lowest BCUT2D eigenvalue weighted by atomic mass is 10.0. The number of nitrogens with zero attached hydrogens (tertiary/aromatic N) is 3. The summed E-state index contributed by atoms with van der Waals surface area (Å²) in [4.78, 5) is 33.2. The Kier molecular flexibility index (Phi) is 8.21. The van der Waals surface area contributed by atoms with Crippen molar-refractivity contribution in [2.24, 2.45) is 0 Å². The number of fused-ring (bicyclic) bond motifs is 1. The number of nitrogens with one attached hydrogen (secondary N) is 1. The summed E-state index contributed by atoms with van der Waals surface area (Å²) in [5, 5.41) is 4.43. The molecule has 7 nitrogen and oxygen atoms in total. The lowest BCUT2D eigenvalue weighted by molar-refractivity contribution is -0.131. The van der Waals surface area contributed by atoms with E-state index in [1.807, 2.05) is 30.3 Å². The average molecular weight is 523 g/mol. The van der Waals surface area contributed by atoms with E-state index in [-0.39, 0.29) is 30.4 Å². The van der Waals surface area contributed by atoms with E-state index in [1.54, 1.807) is 33.4 Å². The van der Waals surface area contributed by atoms with E-state index in [0.717, 1.165) is 29.4 Å². The number of benzene rings is 2. The Balaban J connectivity index is 1.19. The van der Waals surface area contributed by atoms with Crippen LogP contribution in [-0.2, 0) is 17.8 Å². The minimum Gasteiger partial charge on any atom is -0.494 e. The molecule has 1 aliphatic heterocycles. The van der Waals surface area contributed by atoms with Crippen LogP contribution in [0, 0.1) is 5.82 Å². The van der Waals surface area contributed by atoms with Crippen LogP contribution < -0.4 is 15.6 Å². The molecule has 9 heteroatoms. The van der Waals surface area contributed by atoms with Crippen LogP contribution in [0.5, 0.6) is 5.75 Å². The second kappa shape index (κ2) is 11.9. The number of aromatic nitrogens is 2. The van der Waals surface area contributed by atoms with Gasteiger partial charge in [0.15, 0.2) is 5.16 Å². The molecule has 1 saturated carbocycles. The molecule has 0 bridgehead atoms. The molecule has 5 rings (SSSR count). The standard InChI is InChI=1S/C28H31FN4O3S/c29-20-10-12-22(13-11-20)36-17-5-15-30-18-26(34)32-16-14-25-24(19-32)27(35)33(21-6-2-1-3-7-21)28(31-25)37-23-8-4-9-23/h1-3,6-7,10-13,23,30H,4-5,8-9,14-19H2. The van der Waals surface area contributed by atoms with Crippen LogP contribution in [-0.4, -0.2) is 51.8 Å². The molecule has 0 atom stereocenters. The Labute approximate surface area is 220 Å². The molecule has 1 N–H and O–H groups in total. The molecular formula is C28H31FN4O3S. The van der Waals surface area contributed by atoms with Gasteiger partial charge in [0.05, 0.1) is 36.6 Å². The topological polar surface area (TPSA) is 76.5 Å². The van der Waals surface area contributed by atoms with E-state index in [2.05, 4.69) is 5.32 Å². The predicted molar refractivity (Wildman–Crippen MR) is 142 cm³/mol. The van der Waals surface area contributed by atoms with Gasteiger partial charge in [0.1, 0.15) is 11.6 Å². The first-order valence-corrected chi connectivity index (χ1v) is 13.7. The first-order valence-electron chi connectivity index (χ1n) is 12.8. The highest BCUT2D eigenvalue weighted by molar-refractivity contribution is 7.99. The highest BCUT2D eigenvalue weighted by atomic mass is 32.2. The molecule has 2 aromatic carbocycles. The lowest BCUT2D eigenvalue weighted by Crippen LogP contribution is -2.44. The number of thioether (sulfide) groups is 1. The average Bonchev–Trinajstić information content (AvgIpc) is 2.89. The van der Waals surface area contributed by atoms with Crippen molar-refractivity contribution in [3.63, 3.8) is 0 Å². The Morgan fingerprint density at radius 2 is 1.92 bits per heavy atom. The quantitative estimate of drug-likeness (QED) is 0.321. The smallest absolute Gasteiger partial charge is 0.264 e. The van der Waals surface area contributed by atoms with Gasteiger partial charge in [-0.3, -0.25) is 14.2 Å². The summed E-state index contributed by atoms with van der Waals surface area (Å²) in [7, 11) is 0. The van der Waals surface area contributed by atoms with Crippen LogP contribution in [0.1, 0.15) is 36.9 Å². The molecule has 0 unspecified atom stereocenters. The molecule has 0 spiro atoms. The van der Waals surface area contributed by atoms with Gasteiger partial charge in [-0.25, -0.2) is 9.37 Å². The Morgan fingerprint density at radius 3 is 2.65 bits per heavy atom. The molecule has 1 aromatic heterocycles. The van der Waals surface area contributed by atoms with E-state index in [9.17, 15) is 14.0 Å². The zero-order chi connectivity index (χ0) is 25.6. The second-order valence-corrected chi connectivity index (χ2v) is 10.6. The van der Waals surface area contributed by atoms with Crippen LogP contribution in [0.25, 0.3) is 5.69 Å². The number of hydrogen-bond acceptors (Lipinski definition) is 6. The molecule has 1 amide bonds. The fourth-order valence-electron chi connectivity index (χ4n) is 4.41. The van der Waals surface area contributed by atoms with Crippen molar-refractivity contribution in [2.45, 2.75) is 49.1 Å². The van der Waals surface area contributed by atoms with Crippen LogP contribution >= 0.6 is 11.8 Å².